The lowest BCUT2D eigenvalue weighted by atomic mass is 10.0. The van der Waals surface area contributed by atoms with Crippen molar-refractivity contribution in [3.8, 4) is 5.75 Å². The molecule has 1 aromatic carbocycles. The highest BCUT2D eigenvalue weighted by atomic mass is 16.5. The van der Waals surface area contributed by atoms with Gasteiger partial charge in [0.25, 0.3) is 0 Å². The van der Waals surface area contributed by atoms with Crippen molar-refractivity contribution in [2.24, 2.45) is 0 Å². The number of carbonyl (C=O) groups excluding carboxylic acids is 1. The maximum Gasteiger partial charge on any atom is 0.161 e. The van der Waals surface area contributed by atoms with Gasteiger partial charge in [-0.15, -0.1) is 0 Å². The summed E-state index contributed by atoms with van der Waals surface area (Å²) in [6.07, 6.45) is 2.62. The van der Waals surface area contributed by atoms with Gasteiger partial charge in [-0.05, 0) is 30.3 Å². The Morgan fingerprint density at radius 1 is 1.33 bits per heavy atom. The smallest absolute Gasteiger partial charge is 0.161 e. The molecule has 0 aromatic heterocycles. The quantitative estimate of drug-likeness (QED) is 0.766. The number of hydrogen-bond donors (Lipinski definition) is 0. The summed E-state index contributed by atoms with van der Waals surface area (Å²) in [6, 6.07) is 7.78. The minimum absolute atomic E-state index is 0.274. The second kappa shape index (κ2) is 5.83. The first-order valence-corrected chi connectivity index (χ1v) is 6.33. The Kier molecular flexibility index (Phi) is 4.15. The number of likely N-dealkylation sites (N-methyl/N-ethyl adjacent to an activating group) is 1. The Bertz CT molecular complexity index is 448. The van der Waals surface area contributed by atoms with Crippen LogP contribution in [-0.2, 0) is 4.79 Å². The summed E-state index contributed by atoms with van der Waals surface area (Å²) in [5.74, 6) is 1.11. The van der Waals surface area contributed by atoms with Gasteiger partial charge in [0.1, 0.15) is 5.75 Å². The summed E-state index contributed by atoms with van der Waals surface area (Å²) in [4.78, 5) is 14.2. The maximum absolute atomic E-state index is 11.9. The van der Waals surface area contributed by atoms with Gasteiger partial charge in [0.15, 0.2) is 5.78 Å². The fourth-order valence-electron chi connectivity index (χ4n) is 2.13. The van der Waals surface area contributed by atoms with E-state index in [0.29, 0.717) is 6.42 Å². The molecule has 0 radical (unpaired) electrons. The predicted molar refractivity (Wildman–Crippen MR) is 72.7 cm³/mol. The lowest BCUT2D eigenvalue weighted by Gasteiger charge is -2.26. The third-order valence-corrected chi connectivity index (χ3v) is 3.31. The topological polar surface area (TPSA) is 29.5 Å². The summed E-state index contributed by atoms with van der Waals surface area (Å²) in [5.41, 5.74) is 1.96. The molecule has 0 N–H and O–H groups in total. The fourth-order valence-corrected chi connectivity index (χ4v) is 2.13. The van der Waals surface area contributed by atoms with Gasteiger partial charge in [0, 0.05) is 25.1 Å². The zero-order valence-electron chi connectivity index (χ0n) is 11.0. The van der Waals surface area contributed by atoms with Crippen LogP contribution in [0.25, 0.3) is 6.08 Å². The van der Waals surface area contributed by atoms with Crippen LogP contribution in [0.5, 0.6) is 5.75 Å². The van der Waals surface area contributed by atoms with E-state index >= 15 is 0 Å². The van der Waals surface area contributed by atoms with Gasteiger partial charge in [0.05, 0.1) is 7.11 Å². The number of rotatable bonds is 3. The van der Waals surface area contributed by atoms with E-state index in [9.17, 15) is 4.79 Å². The molecule has 0 amide bonds. The molecule has 0 saturated carbocycles. The highest BCUT2D eigenvalue weighted by Crippen LogP contribution is 2.18. The van der Waals surface area contributed by atoms with Crippen LogP contribution in [0.1, 0.15) is 18.9 Å². The molecule has 18 heavy (non-hydrogen) atoms. The average molecular weight is 245 g/mol. The predicted octanol–water partition coefficient (Wildman–Crippen LogP) is 2.37. The zero-order valence-corrected chi connectivity index (χ0v) is 11.0. The minimum Gasteiger partial charge on any atom is -0.497 e. The van der Waals surface area contributed by atoms with Crippen LogP contribution in [0, 0.1) is 0 Å². The van der Waals surface area contributed by atoms with E-state index in [-0.39, 0.29) is 5.78 Å². The van der Waals surface area contributed by atoms with Gasteiger partial charge < -0.3 is 4.74 Å². The SMILES string of the molecule is CCN1CCC(=O)/C(=C/c2ccc(OC)cc2)C1. The first-order valence-electron chi connectivity index (χ1n) is 6.33. The van der Waals surface area contributed by atoms with Gasteiger partial charge in [-0.1, -0.05) is 19.1 Å². The lowest BCUT2D eigenvalue weighted by Crippen LogP contribution is -2.35. The second-order valence-corrected chi connectivity index (χ2v) is 4.48. The maximum atomic E-state index is 11.9. The van der Waals surface area contributed by atoms with Crippen LogP contribution in [0.3, 0.4) is 0 Å². The van der Waals surface area contributed by atoms with E-state index in [1.54, 1.807) is 7.11 Å². The molecule has 0 aliphatic carbocycles. The zero-order chi connectivity index (χ0) is 13.0. The fraction of sp³-hybridized carbons (Fsp3) is 0.400. The number of nitrogens with zero attached hydrogens (tertiary/aromatic N) is 1. The number of benzene rings is 1. The third kappa shape index (κ3) is 2.99. The van der Waals surface area contributed by atoms with Gasteiger partial charge in [-0.25, -0.2) is 0 Å². The number of Topliss-reactive ketones (excluding diaryl/α,β-unsaturated/α-hetero) is 1. The van der Waals surface area contributed by atoms with Crippen molar-refractivity contribution in [3.63, 3.8) is 0 Å². The number of hydrogen-bond acceptors (Lipinski definition) is 3. The lowest BCUT2D eigenvalue weighted by molar-refractivity contribution is -0.117. The Morgan fingerprint density at radius 2 is 2.06 bits per heavy atom. The Morgan fingerprint density at radius 3 is 2.67 bits per heavy atom. The Balaban J connectivity index is 2.16. The van der Waals surface area contributed by atoms with E-state index in [0.717, 1.165) is 36.5 Å². The van der Waals surface area contributed by atoms with E-state index in [4.69, 9.17) is 4.74 Å². The Hall–Kier alpha value is -1.61. The molecule has 1 aliphatic rings. The molecule has 0 bridgehead atoms. The van der Waals surface area contributed by atoms with Crippen molar-refractivity contribution in [1.29, 1.82) is 0 Å². The molecule has 1 aliphatic heterocycles. The summed E-state index contributed by atoms with van der Waals surface area (Å²) in [5, 5.41) is 0. The van der Waals surface area contributed by atoms with Gasteiger partial charge in [-0.2, -0.15) is 0 Å². The normalized spacial score (nSPS) is 19.2. The molecule has 0 atom stereocenters. The highest BCUT2D eigenvalue weighted by molar-refractivity contribution is 6.00. The summed E-state index contributed by atoms with van der Waals surface area (Å²) < 4.78 is 5.12. The van der Waals surface area contributed by atoms with Gasteiger partial charge in [0.2, 0.25) is 0 Å². The number of ketones is 1. The van der Waals surface area contributed by atoms with E-state index in [1.807, 2.05) is 30.3 Å². The number of ether oxygens (including phenoxy) is 1. The number of piperidine rings is 1. The molecule has 0 spiro atoms. The van der Waals surface area contributed by atoms with Crippen molar-refractivity contribution >= 4 is 11.9 Å². The van der Waals surface area contributed by atoms with Gasteiger partial charge >= 0.3 is 0 Å². The first kappa shape index (κ1) is 12.8. The van der Waals surface area contributed by atoms with E-state index in [2.05, 4.69) is 11.8 Å². The largest absolute Gasteiger partial charge is 0.497 e. The van der Waals surface area contributed by atoms with E-state index < -0.39 is 0 Å². The minimum atomic E-state index is 0.274. The van der Waals surface area contributed by atoms with Crippen LogP contribution in [0.4, 0.5) is 0 Å². The Labute approximate surface area is 108 Å². The summed E-state index contributed by atoms with van der Waals surface area (Å²) in [6.45, 7) is 4.77. The third-order valence-electron chi connectivity index (χ3n) is 3.31. The van der Waals surface area contributed by atoms with Crippen LogP contribution in [0.15, 0.2) is 29.8 Å². The second-order valence-electron chi connectivity index (χ2n) is 4.48. The highest BCUT2D eigenvalue weighted by Gasteiger charge is 2.19. The summed E-state index contributed by atoms with van der Waals surface area (Å²) in [7, 11) is 1.65. The van der Waals surface area contributed by atoms with Crippen LogP contribution in [-0.4, -0.2) is 37.4 Å². The van der Waals surface area contributed by atoms with Crippen LogP contribution in [0.2, 0.25) is 0 Å². The molecular weight excluding hydrogens is 226 g/mol. The van der Waals surface area contributed by atoms with Crippen LogP contribution >= 0.6 is 0 Å². The van der Waals surface area contributed by atoms with Crippen LogP contribution < -0.4 is 4.74 Å². The standard InChI is InChI=1S/C15H19NO2/c1-3-16-9-8-15(17)13(11-16)10-12-4-6-14(18-2)7-5-12/h4-7,10H,3,8-9,11H2,1-2H3/b13-10+. The molecule has 3 heteroatoms. The summed E-state index contributed by atoms with van der Waals surface area (Å²) >= 11 is 0. The van der Waals surface area contributed by atoms with Crippen molar-refractivity contribution in [2.45, 2.75) is 13.3 Å². The number of likely N-dealkylation sites (tertiary alicyclic amines) is 1. The molecule has 2 rings (SSSR count). The van der Waals surface area contributed by atoms with Crippen molar-refractivity contribution < 1.29 is 9.53 Å². The first-order chi connectivity index (χ1) is 8.72. The van der Waals surface area contributed by atoms with Gasteiger partial charge in [-0.3, -0.25) is 9.69 Å². The molecule has 1 aromatic rings. The molecule has 3 nitrogen and oxygen atoms in total. The van der Waals surface area contributed by atoms with Crippen molar-refractivity contribution in [2.75, 3.05) is 26.7 Å². The van der Waals surface area contributed by atoms with E-state index in [1.165, 1.54) is 0 Å². The molecule has 1 saturated heterocycles. The molecule has 0 unspecified atom stereocenters. The number of methoxy groups -OCH3 is 1. The number of carbonyl (C=O) groups is 1. The molecule has 96 valence electrons. The molecular formula is C15H19NO2. The molecule has 1 fully saturated rings. The van der Waals surface area contributed by atoms with Crippen molar-refractivity contribution in [3.05, 3.63) is 35.4 Å². The van der Waals surface area contributed by atoms with Crippen molar-refractivity contribution in [1.82, 2.24) is 4.90 Å². The molecule has 1 heterocycles. The monoisotopic (exact) mass is 245 g/mol. The average Bonchev–Trinajstić information content (AvgIpc) is 2.42.